The summed E-state index contributed by atoms with van der Waals surface area (Å²) in [5.41, 5.74) is 1.39. The first-order valence-corrected chi connectivity index (χ1v) is 8.59. The second kappa shape index (κ2) is 6.75. The van der Waals surface area contributed by atoms with Crippen molar-refractivity contribution in [2.45, 2.75) is 18.8 Å². The highest BCUT2D eigenvalue weighted by molar-refractivity contribution is 5.85. The first-order valence-electron chi connectivity index (χ1n) is 8.59. The molecule has 27 heavy (non-hydrogen) atoms. The van der Waals surface area contributed by atoms with E-state index in [1.807, 2.05) is 24.4 Å². The fraction of sp³-hybridized carbons (Fsp3) is 0.316. The predicted molar refractivity (Wildman–Crippen MR) is 93.1 cm³/mol. The maximum absolute atomic E-state index is 14.0. The van der Waals surface area contributed by atoms with Gasteiger partial charge in [0.15, 0.2) is 0 Å². The second-order valence-electron chi connectivity index (χ2n) is 6.59. The molecule has 4 rings (SSSR count). The van der Waals surface area contributed by atoms with E-state index in [-0.39, 0.29) is 19.0 Å². The van der Waals surface area contributed by atoms with Gasteiger partial charge < -0.3 is 14.6 Å². The van der Waals surface area contributed by atoms with Crippen LogP contribution in [0.5, 0.6) is 5.75 Å². The first kappa shape index (κ1) is 17.6. The first-order chi connectivity index (χ1) is 13.0. The Morgan fingerprint density at radius 2 is 1.74 bits per heavy atom. The number of anilines is 1. The van der Waals surface area contributed by atoms with E-state index < -0.39 is 29.2 Å². The minimum atomic E-state index is -1.63. The third-order valence-electron chi connectivity index (χ3n) is 5.15. The molecule has 0 saturated carbocycles. The molecule has 1 fully saturated rings. The number of rotatable bonds is 3. The van der Waals surface area contributed by atoms with E-state index in [1.165, 1.54) is 4.90 Å². The van der Waals surface area contributed by atoms with Gasteiger partial charge in [-0.1, -0.05) is 0 Å². The number of benzene rings is 1. The number of fused-ring (bicyclic) bond motifs is 1. The van der Waals surface area contributed by atoms with Crippen molar-refractivity contribution in [3.05, 3.63) is 53.5 Å². The number of ether oxygens (including phenoxy) is 1. The van der Waals surface area contributed by atoms with E-state index >= 15 is 0 Å². The second-order valence-corrected chi connectivity index (χ2v) is 6.59. The van der Waals surface area contributed by atoms with E-state index in [0.717, 1.165) is 22.2 Å². The number of nitrogens with zero attached hydrogens (tertiary/aromatic N) is 2. The highest BCUT2D eigenvalue weighted by Crippen LogP contribution is 2.37. The van der Waals surface area contributed by atoms with Crippen molar-refractivity contribution < 1.29 is 22.3 Å². The topological polar surface area (TPSA) is 41.1 Å². The molecule has 0 aliphatic carbocycles. The van der Waals surface area contributed by atoms with Gasteiger partial charge in [0.25, 0.3) is 11.9 Å². The average Bonchev–Trinajstić information content (AvgIpc) is 3.10. The van der Waals surface area contributed by atoms with Gasteiger partial charge >= 0.3 is 0 Å². The molecule has 3 aromatic rings. The van der Waals surface area contributed by atoms with Crippen molar-refractivity contribution in [2.24, 2.45) is 0 Å². The number of piperidine rings is 1. The number of pyridine rings is 1. The monoisotopic (exact) mass is 379 g/mol. The van der Waals surface area contributed by atoms with Gasteiger partial charge in [0.1, 0.15) is 11.4 Å². The van der Waals surface area contributed by atoms with Crippen LogP contribution in [0.4, 0.5) is 23.2 Å². The zero-order valence-electron chi connectivity index (χ0n) is 14.5. The quantitative estimate of drug-likeness (QED) is 0.538. The van der Waals surface area contributed by atoms with Gasteiger partial charge in [0.2, 0.25) is 11.6 Å². The van der Waals surface area contributed by atoms with E-state index in [9.17, 15) is 17.6 Å². The molecule has 2 aromatic heterocycles. The summed E-state index contributed by atoms with van der Waals surface area (Å²) in [5, 5.41) is 1.03. The molecule has 1 aromatic carbocycles. The third kappa shape index (κ3) is 2.98. The highest BCUT2D eigenvalue weighted by atomic mass is 19.2. The third-order valence-corrected chi connectivity index (χ3v) is 5.15. The lowest BCUT2D eigenvalue weighted by Crippen LogP contribution is -2.34. The van der Waals surface area contributed by atoms with Crippen LogP contribution < -0.4 is 9.64 Å². The molecule has 1 N–H and O–H groups in total. The van der Waals surface area contributed by atoms with E-state index in [4.69, 9.17) is 4.74 Å². The molecule has 4 nitrogen and oxygen atoms in total. The van der Waals surface area contributed by atoms with Gasteiger partial charge in [0, 0.05) is 30.2 Å². The fourth-order valence-electron chi connectivity index (χ4n) is 3.75. The lowest BCUT2D eigenvalue weighted by Gasteiger charge is -2.33. The number of hydrogen-bond donors (Lipinski definition) is 1. The van der Waals surface area contributed by atoms with Crippen molar-refractivity contribution in [3.8, 4) is 5.75 Å². The molecule has 0 radical (unpaired) electrons. The standard InChI is InChI=1S/C19H17F4N3O/c1-27-11-2-3-14-12(8-11)13(9-24-14)10-4-6-26(7-5-10)17-15(20)18(22)25-19(23)16(17)21/h2-3,8-10,24H,4-7H2,1H3. The Balaban J connectivity index is 1.59. The molecule has 1 aliphatic rings. The lowest BCUT2D eigenvalue weighted by atomic mass is 9.89. The van der Waals surface area contributed by atoms with Crippen LogP contribution in [0.3, 0.4) is 0 Å². The molecule has 0 atom stereocenters. The molecule has 0 bridgehead atoms. The lowest BCUT2D eigenvalue weighted by molar-refractivity contribution is 0.399. The number of aromatic nitrogens is 2. The van der Waals surface area contributed by atoms with Crippen molar-refractivity contribution >= 4 is 16.6 Å². The number of hydrogen-bond acceptors (Lipinski definition) is 3. The SMILES string of the molecule is COc1ccc2[nH]cc(C3CCN(c4c(F)c(F)nc(F)c4F)CC3)c2c1. The molecule has 0 amide bonds. The van der Waals surface area contributed by atoms with Crippen LogP contribution in [-0.4, -0.2) is 30.2 Å². The summed E-state index contributed by atoms with van der Waals surface area (Å²) in [6.07, 6.45) is 3.11. The Kier molecular flexibility index (Phi) is 4.41. The van der Waals surface area contributed by atoms with Crippen LogP contribution in [0.25, 0.3) is 10.9 Å². The molecular weight excluding hydrogens is 362 g/mol. The number of nitrogens with one attached hydrogen (secondary N) is 1. The maximum Gasteiger partial charge on any atom is 0.253 e. The molecule has 3 heterocycles. The summed E-state index contributed by atoms with van der Waals surface area (Å²) in [6.45, 7) is 0.552. The van der Waals surface area contributed by atoms with E-state index in [2.05, 4.69) is 9.97 Å². The summed E-state index contributed by atoms with van der Waals surface area (Å²) < 4.78 is 60.0. The normalized spacial score (nSPS) is 15.5. The largest absolute Gasteiger partial charge is 0.497 e. The summed E-state index contributed by atoms with van der Waals surface area (Å²) >= 11 is 0. The van der Waals surface area contributed by atoms with E-state index in [0.29, 0.717) is 12.8 Å². The Bertz CT molecular complexity index is 970. The minimum Gasteiger partial charge on any atom is -0.497 e. The highest BCUT2D eigenvalue weighted by Gasteiger charge is 2.29. The van der Waals surface area contributed by atoms with Crippen molar-refractivity contribution in [2.75, 3.05) is 25.1 Å². The van der Waals surface area contributed by atoms with Crippen LogP contribution >= 0.6 is 0 Å². The molecule has 0 spiro atoms. The van der Waals surface area contributed by atoms with Gasteiger partial charge in [-0.2, -0.15) is 22.5 Å². The Hall–Kier alpha value is -2.77. The van der Waals surface area contributed by atoms with Crippen molar-refractivity contribution in [1.82, 2.24) is 9.97 Å². The van der Waals surface area contributed by atoms with Crippen LogP contribution in [0.1, 0.15) is 24.3 Å². The minimum absolute atomic E-state index is 0.157. The maximum atomic E-state index is 14.0. The van der Waals surface area contributed by atoms with Crippen LogP contribution in [0, 0.1) is 23.5 Å². The van der Waals surface area contributed by atoms with Crippen LogP contribution in [0.2, 0.25) is 0 Å². The van der Waals surface area contributed by atoms with Crippen LogP contribution in [0.15, 0.2) is 24.4 Å². The summed E-state index contributed by atoms with van der Waals surface area (Å²) in [4.78, 5) is 7.16. The van der Waals surface area contributed by atoms with Gasteiger partial charge in [-0.25, -0.2) is 0 Å². The van der Waals surface area contributed by atoms with Gasteiger partial charge in [-0.3, -0.25) is 0 Å². The van der Waals surface area contributed by atoms with Gasteiger partial charge in [-0.15, -0.1) is 0 Å². The molecular formula is C19H17F4N3O. The molecule has 8 heteroatoms. The van der Waals surface area contributed by atoms with Crippen molar-refractivity contribution in [3.63, 3.8) is 0 Å². The zero-order valence-corrected chi connectivity index (χ0v) is 14.5. The summed E-state index contributed by atoms with van der Waals surface area (Å²) in [5.74, 6) is -5.27. The molecule has 142 valence electrons. The Labute approximate surface area is 152 Å². The Morgan fingerprint density at radius 1 is 1.07 bits per heavy atom. The average molecular weight is 379 g/mol. The molecule has 1 saturated heterocycles. The zero-order chi connectivity index (χ0) is 19.1. The van der Waals surface area contributed by atoms with Crippen molar-refractivity contribution in [1.29, 1.82) is 0 Å². The Morgan fingerprint density at radius 3 is 2.37 bits per heavy atom. The van der Waals surface area contributed by atoms with Gasteiger partial charge in [-0.05, 0) is 42.5 Å². The fourth-order valence-corrected chi connectivity index (χ4v) is 3.75. The summed E-state index contributed by atoms with van der Waals surface area (Å²) in [7, 11) is 1.60. The number of H-pyrrole nitrogens is 1. The van der Waals surface area contributed by atoms with E-state index in [1.54, 1.807) is 7.11 Å². The van der Waals surface area contributed by atoms with Gasteiger partial charge in [0.05, 0.1) is 7.11 Å². The molecule has 1 aliphatic heterocycles. The number of methoxy groups -OCH3 is 1. The number of aromatic amines is 1. The smallest absolute Gasteiger partial charge is 0.253 e. The molecule has 0 unspecified atom stereocenters. The predicted octanol–water partition coefficient (Wildman–Crippen LogP) is 4.51. The summed E-state index contributed by atoms with van der Waals surface area (Å²) in [6, 6.07) is 5.74. The van der Waals surface area contributed by atoms with Crippen LogP contribution in [-0.2, 0) is 0 Å². The number of halogens is 4.